The highest BCUT2D eigenvalue weighted by Gasteiger charge is 2.39. The summed E-state index contributed by atoms with van der Waals surface area (Å²) in [4.78, 5) is 13.7. The predicted octanol–water partition coefficient (Wildman–Crippen LogP) is 2.21. The molecular weight excluding hydrogens is 212 g/mol. The number of carbonyl (C=O) groups excluding carboxylic acids is 1. The van der Waals surface area contributed by atoms with E-state index in [9.17, 15) is 4.79 Å². The molecule has 17 heavy (non-hydrogen) atoms. The molecule has 92 valence electrons. The number of hydrogen-bond donors (Lipinski definition) is 1. The monoisotopic (exact) mass is 232 g/mol. The summed E-state index contributed by atoms with van der Waals surface area (Å²) in [5.41, 5.74) is 7.94. The smallest absolute Gasteiger partial charge is 0.159 e. The Morgan fingerprint density at radius 3 is 2.71 bits per heavy atom. The first-order chi connectivity index (χ1) is 7.93. The Hall–Kier alpha value is -1.35. The van der Waals surface area contributed by atoms with Crippen molar-refractivity contribution in [3.63, 3.8) is 0 Å². The van der Waals surface area contributed by atoms with E-state index in [0.717, 1.165) is 24.2 Å². The summed E-state index contributed by atoms with van der Waals surface area (Å²) >= 11 is 0. The van der Waals surface area contributed by atoms with Gasteiger partial charge < -0.3 is 10.6 Å². The zero-order chi connectivity index (χ0) is 12.6. The van der Waals surface area contributed by atoms with Crippen molar-refractivity contribution >= 4 is 11.5 Å². The third-order valence-corrected chi connectivity index (χ3v) is 3.83. The minimum Gasteiger partial charge on any atom is -0.365 e. The molecule has 2 N–H and O–H groups in total. The summed E-state index contributed by atoms with van der Waals surface area (Å²) in [6.07, 6.45) is 0.997. The molecule has 3 heteroatoms. The zero-order valence-corrected chi connectivity index (χ0v) is 10.7. The van der Waals surface area contributed by atoms with Crippen molar-refractivity contribution in [1.29, 1.82) is 0 Å². The molecule has 0 saturated carbocycles. The van der Waals surface area contributed by atoms with Crippen LogP contribution in [0.25, 0.3) is 0 Å². The molecule has 1 atom stereocenters. The second-order valence-corrected chi connectivity index (χ2v) is 5.31. The van der Waals surface area contributed by atoms with Crippen LogP contribution < -0.4 is 10.6 Å². The van der Waals surface area contributed by atoms with Gasteiger partial charge in [-0.25, -0.2) is 0 Å². The average molecular weight is 232 g/mol. The summed E-state index contributed by atoms with van der Waals surface area (Å²) in [7, 11) is 0. The summed E-state index contributed by atoms with van der Waals surface area (Å²) in [5, 5.41) is 0. The number of rotatable bonds is 2. The van der Waals surface area contributed by atoms with Crippen LogP contribution in [0, 0.1) is 0 Å². The second kappa shape index (κ2) is 4.15. The SMILES string of the molecule is CC(=O)c1cccc(N2CCC(N)C2(C)C)c1. The first-order valence-corrected chi connectivity index (χ1v) is 6.07. The van der Waals surface area contributed by atoms with Crippen LogP contribution in [0.2, 0.25) is 0 Å². The van der Waals surface area contributed by atoms with Crippen LogP contribution in [-0.4, -0.2) is 23.9 Å². The normalized spacial score (nSPS) is 22.8. The fourth-order valence-corrected chi connectivity index (χ4v) is 2.46. The van der Waals surface area contributed by atoms with E-state index in [1.807, 2.05) is 24.3 Å². The van der Waals surface area contributed by atoms with Gasteiger partial charge in [0, 0.05) is 29.4 Å². The number of nitrogens with zero attached hydrogens (tertiary/aromatic N) is 1. The number of ketones is 1. The Morgan fingerprint density at radius 2 is 2.18 bits per heavy atom. The average Bonchev–Trinajstić information content (AvgIpc) is 2.54. The molecule has 1 unspecified atom stereocenters. The van der Waals surface area contributed by atoms with E-state index in [1.54, 1.807) is 6.92 Å². The lowest BCUT2D eigenvalue weighted by atomic mass is 9.96. The van der Waals surface area contributed by atoms with Crippen molar-refractivity contribution in [1.82, 2.24) is 0 Å². The fourth-order valence-electron chi connectivity index (χ4n) is 2.46. The molecule has 0 aliphatic carbocycles. The van der Waals surface area contributed by atoms with Crippen molar-refractivity contribution in [3.05, 3.63) is 29.8 Å². The van der Waals surface area contributed by atoms with Crippen molar-refractivity contribution < 1.29 is 4.79 Å². The van der Waals surface area contributed by atoms with Gasteiger partial charge in [-0.1, -0.05) is 12.1 Å². The molecule has 1 aromatic carbocycles. The summed E-state index contributed by atoms with van der Waals surface area (Å²) in [5.74, 6) is 0.105. The number of anilines is 1. The van der Waals surface area contributed by atoms with Crippen molar-refractivity contribution in [2.45, 2.75) is 38.8 Å². The third-order valence-electron chi connectivity index (χ3n) is 3.83. The van der Waals surface area contributed by atoms with Crippen LogP contribution in [0.5, 0.6) is 0 Å². The lowest BCUT2D eigenvalue weighted by molar-refractivity contribution is 0.101. The topological polar surface area (TPSA) is 46.3 Å². The van der Waals surface area contributed by atoms with Crippen LogP contribution in [-0.2, 0) is 0 Å². The van der Waals surface area contributed by atoms with Crippen LogP contribution in [0.4, 0.5) is 5.69 Å². The van der Waals surface area contributed by atoms with Crippen molar-refractivity contribution in [2.24, 2.45) is 5.73 Å². The number of carbonyl (C=O) groups is 1. The number of hydrogen-bond acceptors (Lipinski definition) is 3. The number of benzene rings is 1. The van der Waals surface area contributed by atoms with Crippen molar-refractivity contribution in [3.8, 4) is 0 Å². The molecule has 1 aliphatic rings. The number of nitrogens with two attached hydrogens (primary N) is 1. The Labute approximate surface area is 103 Å². The van der Waals surface area contributed by atoms with Gasteiger partial charge >= 0.3 is 0 Å². The lowest BCUT2D eigenvalue weighted by Gasteiger charge is -2.36. The van der Waals surface area contributed by atoms with E-state index in [2.05, 4.69) is 18.7 Å². The highest BCUT2D eigenvalue weighted by atomic mass is 16.1. The summed E-state index contributed by atoms with van der Waals surface area (Å²) < 4.78 is 0. The quantitative estimate of drug-likeness (QED) is 0.795. The van der Waals surface area contributed by atoms with E-state index in [4.69, 9.17) is 5.73 Å². The lowest BCUT2D eigenvalue weighted by Crippen LogP contribution is -2.48. The molecule has 1 saturated heterocycles. The fraction of sp³-hybridized carbons (Fsp3) is 0.500. The number of Topliss-reactive ketones (excluding diaryl/α,β-unsaturated/α-hetero) is 1. The highest BCUT2D eigenvalue weighted by Crippen LogP contribution is 2.33. The Morgan fingerprint density at radius 1 is 1.47 bits per heavy atom. The van der Waals surface area contributed by atoms with E-state index >= 15 is 0 Å². The molecule has 0 bridgehead atoms. The van der Waals surface area contributed by atoms with E-state index in [0.29, 0.717) is 0 Å². The maximum atomic E-state index is 11.4. The minimum atomic E-state index is -0.0462. The van der Waals surface area contributed by atoms with Gasteiger partial charge in [-0.05, 0) is 39.3 Å². The van der Waals surface area contributed by atoms with E-state index in [1.165, 1.54) is 0 Å². The van der Waals surface area contributed by atoms with Crippen LogP contribution in [0.15, 0.2) is 24.3 Å². The van der Waals surface area contributed by atoms with Gasteiger partial charge in [0.25, 0.3) is 0 Å². The zero-order valence-electron chi connectivity index (χ0n) is 10.7. The van der Waals surface area contributed by atoms with Crippen LogP contribution >= 0.6 is 0 Å². The molecule has 0 radical (unpaired) electrons. The Balaban J connectivity index is 2.35. The van der Waals surface area contributed by atoms with E-state index in [-0.39, 0.29) is 17.4 Å². The predicted molar refractivity (Wildman–Crippen MR) is 70.5 cm³/mol. The maximum Gasteiger partial charge on any atom is 0.159 e. The van der Waals surface area contributed by atoms with Crippen LogP contribution in [0.3, 0.4) is 0 Å². The largest absolute Gasteiger partial charge is 0.365 e. The molecule has 2 rings (SSSR count). The summed E-state index contributed by atoms with van der Waals surface area (Å²) in [6.45, 7) is 6.87. The third kappa shape index (κ3) is 2.07. The molecule has 0 amide bonds. The Kier molecular flexibility index (Phi) is 2.96. The molecule has 1 heterocycles. The molecule has 0 spiro atoms. The van der Waals surface area contributed by atoms with Gasteiger partial charge in [0.2, 0.25) is 0 Å². The molecule has 1 aliphatic heterocycles. The van der Waals surface area contributed by atoms with Gasteiger partial charge in [-0.3, -0.25) is 4.79 Å². The molecule has 3 nitrogen and oxygen atoms in total. The molecule has 1 fully saturated rings. The van der Waals surface area contributed by atoms with Gasteiger partial charge in [0.05, 0.1) is 0 Å². The molecular formula is C14H20N2O. The highest BCUT2D eigenvalue weighted by molar-refractivity contribution is 5.95. The minimum absolute atomic E-state index is 0.0462. The first kappa shape index (κ1) is 12.1. The summed E-state index contributed by atoms with van der Waals surface area (Å²) in [6, 6.07) is 7.98. The van der Waals surface area contributed by atoms with Crippen LogP contribution in [0.1, 0.15) is 37.6 Å². The molecule has 1 aromatic rings. The van der Waals surface area contributed by atoms with Gasteiger partial charge in [-0.2, -0.15) is 0 Å². The maximum absolute atomic E-state index is 11.4. The standard InChI is InChI=1S/C14H20N2O/c1-10(17)11-5-4-6-12(9-11)16-8-7-13(15)14(16,2)3/h4-6,9,13H,7-8,15H2,1-3H3. The van der Waals surface area contributed by atoms with Gasteiger partial charge in [-0.15, -0.1) is 0 Å². The van der Waals surface area contributed by atoms with E-state index < -0.39 is 0 Å². The molecule has 0 aromatic heterocycles. The van der Waals surface area contributed by atoms with Gasteiger partial charge in [0.15, 0.2) is 5.78 Å². The first-order valence-electron chi connectivity index (χ1n) is 6.07. The second-order valence-electron chi connectivity index (χ2n) is 5.31. The van der Waals surface area contributed by atoms with Gasteiger partial charge in [0.1, 0.15) is 0 Å². The van der Waals surface area contributed by atoms with Crippen molar-refractivity contribution in [2.75, 3.05) is 11.4 Å². The Bertz CT molecular complexity index is 440.